The number of phosphoric ester groups is 1. The van der Waals surface area contributed by atoms with Gasteiger partial charge in [-0.25, -0.2) is 0 Å². The summed E-state index contributed by atoms with van der Waals surface area (Å²) >= 11 is 0. The van der Waals surface area contributed by atoms with Crippen molar-refractivity contribution in [3.8, 4) is 0 Å². The number of unbranched alkanes of at least 4 members (excludes halogenated alkanes) is 50. The van der Waals surface area contributed by atoms with Gasteiger partial charge in [-0.05, 0) is 32.1 Å². The third-order valence-corrected chi connectivity index (χ3v) is 17.1. The van der Waals surface area contributed by atoms with E-state index in [0.717, 1.165) is 38.5 Å². The third-order valence-electron chi connectivity index (χ3n) is 16.2. The second kappa shape index (κ2) is 60.6. The summed E-state index contributed by atoms with van der Waals surface area (Å²) in [7, 11) is 1.26. The highest BCUT2D eigenvalue weighted by Gasteiger charge is 2.23. The van der Waals surface area contributed by atoms with E-state index in [1.54, 1.807) is 6.08 Å². The van der Waals surface area contributed by atoms with Gasteiger partial charge in [0.25, 0.3) is 7.82 Å². The zero-order valence-corrected chi connectivity index (χ0v) is 54.0. The lowest BCUT2D eigenvalue weighted by atomic mass is 10.0. The van der Waals surface area contributed by atoms with Gasteiger partial charge in [0, 0.05) is 6.42 Å². The van der Waals surface area contributed by atoms with E-state index in [2.05, 4.69) is 31.3 Å². The number of carbonyl (C=O) groups excluding carboxylic acids is 1. The Kier molecular flexibility index (Phi) is 59.8. The quantitative estimate of drug-likeness (QED) is 0.0272. The van der Waals surface area contributed by atoms with Gasteiger partial charge < -0.3 is 28.8 Å². The fraction of sp³-hybridized carbons (Fsp3) is 0.928. The molecule has 0 saturated heterocycles. The molecule has 0 aliphatic rings. The van der Waals surface area contributed by atoms with Crippen LogP contribution in [0.5, 0.6) is 0 Å². The van der Waals surface area contributed by atoms with Crippen molar-refractivity contribution >= 4 is 13.7 Å². The van der Waals surface area contributed by atoms with Gasteiger partial charge in [-0.15, -0.1) is 0 Å². The lowest BCUT2D eigenvalue weighted by molar-refractivity contribution is -0.870. The van der Waals surface area contributed by atoms with Gasteiger partial charge in [-0.2, -0.15) is 0 Å². The van der Waals surface area contributed by atoms with Crippen LogP contribution in [0.3, 0.4) is 0 Å². The molecular formula is C69H137N2O6P. The predicted molar refractivity (Wildman–Crippen MR) is 339 cm³/mol. The Hall–Kier alpha value is -1.02. The van der Waals surface area contributed by atoms with Crippen LogP contribution in [-0.2, 0) is 18.4 Å². The molecule has 0 aromatic rings. The van der Waals surface area contributed by atoms with Crippen molar-refractivity contribution in [2.24, 2.45) is 0 Å². The first-order valence-electron chi connectivity index (χ1n) is 34.7. The molecule has 0 aliphatic carbocycles. The molecule has 0 aromatic heterocycles. The number of allylic oxidation sites excluding steroid dienone is 3. The minimum Gasteiger partial charge on any atom is -0.756 e. The SMILES string of the molecule is CCCCCCCCCCCCCCCCCCCCCCCCCCCC/C=C/CC/C=C/C(O)C(COP(=O)([O-])OCC[N+](C)(C)C)NC(=O)CCCCCCCCCCCCCCCCCCCCCCCCCC. The molecule has 2 N–H and O–H groups in total. The Morgan fingerprint density at radius 3 is 1.04 bits per heavy atom. The number of aliphatic hydroxyl groups excluding tert-OH is 1. The molecule has 0 aliphatic heterocycles. The second-order valence-corrected chi connectivity index (χ2v) is 26.7. The van der Waals surface area contributed by atoms with Crippen LogP contribution in [0.4, 0.5) is 0 Å². The van der Waals surface area contributed by atoms with Crippen LogP contribution < -0.4 is 10.2 Å². The van der Waals surface area contributed by atoms with Crippen LogP contribution in [0.15, 0.2) is 24.3 Å². The largest absolute Gasteiger partial charge is 0.756 e. The van der Waals surface area contributed by atoms with Gasteiger partial charge >= 0.3 is 0 Å². The topological polar surface area (TPSA) is 108 Å². The summed E-state index contributed by atoms with van der Waals surface area (Å²) in [5, 5.41) is 13.9. The molecule has 3 atom stereocenters. The van der Waals surface area contributed by atoms with Gasteiger partial charge in [0.05, 0.1) is 39.9 Å². The number of phosphoric acid groups is 1. The van der Waals surface area contributed by atoms with Gasteiger partial charge in [-0.3, -0.25) is 9.36 Å². The number of aliphatic hydroxyl groups is 1. The summed E-state index contributed by atoms with van der Waals surface area (Å²) < 4.78 is 23.4. The van der Waals surface area contributed by atoms with E-state index >= 15 is 0 Å². The van der Waals surface area contributed by atoms with Gasteiger partial charge in [0.1, 0.15) is 13.2 Å². The van der Waals surface area contributed by atoms with Crippen molar-refractivity contribution in [3.63, 3.8) is 0 Å². The fourth-order valence-corrected chi connectivity index (χ4v) is 11.5. The Labute approximate surface area is 487 Å². The molecule has 0 aromatic carbocycles. The minimum absolute atomic E-state index is 0.00343. The summed E-state index contributed by atoms with van der Waals surface area (Å²) in [6, 6.07) is -0.902. The molecule has 0 saturated carbocycles. The van der Waals surface area contributed by atoms with Gasteiger partial charge in [-0.1, -0.05) is 346 Å². The first-order valence-corrected chi connectivity index (χ1v) is 36.2. The molecule has 0 spiro atoms. The Morgan fingerprint density at radius 1 is 0.436 bits per heavy atom. The normalized spacial score (nSPS) is 13.8. The molecule has 0 rings (SSSR count). The summed E-state index contributed by atoms with van der Waals surface area (Å²) in [5.41, 5.74) is 0. The summed E-state index contributed by atoms with van der Waals surface area (Å²) in [6.45, 7) is 4.70. The van der Waals surface area contributed by atoms with E-state index in [0.29, 0.717) is 17.4 Å². The highest BCUT2D eigenvalue weighted by atomic mass is 31.2. The number of hydrogen-bond donors (Lipinski definition) is 2. The number of rotatable bonds is 65. The number of carbonyl (C=O) groups is 1. The zero-order valence-electron chi connectivity index (χ0n) is 53.2. The molecule has 0 bridgehead atoms. The third kappa shape index (κ3) is 62.6. The lowest BCUT2D eigenvalue weighted by Gasteiger charge is -2.29. The van der Waals surface area contributed by atoms with Crippen molar-refractivity contribution in [2.45, 2.75) is 373 Å². The molecule has 0 radical (unpaired) electrons. The average Bonchev–Trinajstić information content (AvgIpc) is 3.41. The van der Waals surface area contributed by atoms with Crippen LogP contribution in [0.2, 0.25) is 0 Å². The van der Waals surface area contributed by atoms with E-state index in [1.165, 1.54) is 302 Å². The van der Waals surface area contributed by atoms with Gasteiger partial charge in [0.2, 0.25) is 5.91 Å². The Morgan fingerprint density at radius 2 is 0.718 bits per heavy atom. The summed E-state index contributed by atoms with van der Waals surface area (Å²) in [4.78, 5) is 25.6. The fourth-order valence-electron chi connectivity index (χ4n) is 10.8. The van der Waals surface area contributed by atoms with E-state index in [-0.39, 0.29) is 19.1 Å². The lowest BCUT2D eigenvalue weighted by Crippen LogP contribution is -2.45. The molecule has 1 amide bonds. The molecule has 78 heavy (non-hydrogen) atoms. The monoisotopic (exact) mass is 1120 g/mol. The standard InChI is InChI=1S/C69H137N2O6P/c1-6-8-10-12-14-16-18-20-22-24-26-28-30-32-33-34-35-36-37-38-39-40-42-44-46-48-50-52-54-56-58-60-62-68(72)67(66-77-78(74,75)76-65-64-71(3,4)5)70-69(73)63-61-59-57-55-53-51-49-47-45-43-41-31-29-27-25-23-21-19-17-15-13-11-9-7-2/h52,54,60,62,67-68,72H,6-51,53,55-59,61,63-66H2,1-5H3,(H-,70,73,74,75)/b54-52+,62-60+. The van der Waals surface area contributed by atoms with E-state index in [4.69, 9.17) is 9.05 Å². The summed E-state index contributed by atoms with van der Waals surface area (Å²) in [6.07, 6.45) is 78.8. The zero-order chi connectivity index (χ0) is 57.0. The summed E-state index contributed by atoms with van der Waals surface area (Å²) in [5.74, 6) is -0.199. The maximum absolute atomic E-state index is 13.0. The molecule has 3 unspecified atom stereocenters. The van der Waals surface area contributed by atoms with E-state index in [9.17, 15) is 19.4 Å². The van der Waals surface area contributed by atoms with Crippen molar-refractivity contribution < 1.29 is 32.9 Å². The number of hydrogen-bond acceptors (Lipinski definition) is 6. The van der Waals surface area contributed by atoms with Gasteiger partial charge in [0.15, 0.2) is 0 Å². The highest BCUT2D eigenvalue weighted by Crippen LogP contribution is 2.38. The maximum Gasteiger partial charge on any atom is 0.268 e. The number of quaternary nitrogens is 1. The number of nitrogens with zero attached hydrogens (tertiary/aromatic N) is 1. The van der Waals surface area contributed by atoms with Crippen molar-refractivity contribution in [1.82, 2.24) is 5.32 Å². The number of amides is 1. The molecule has 8 nitrogen and oxygen atoms in total. The van der Waals surface area contributed by atoms with Crippen LogP contribution in [0.1, 0.15) is 361 Å². The maximum atomic E-state index is 13.0. The van der Waals surface area contributed by atoms with Crippen molar-refractivity contribution in [2.75, 3.05) is 40.9 Å². The first kappa shape index (κ1) is 77.0. The minimum atomic E-state index is -4.61. The number of likely N-dealkylation sites (N-methyl/N-ethyl adjacent to an activating group) is 1. The second-order valence-electron chi connectivity index (χ2n) is 25.2. The van der Waals surface area contributed by atoms with Crippen molar-refractivity contribution in [1.29, 1.82) is 0 Å². The molecule has 0 fully saturated rings. The van der Waals surface area contributed by atoms with Crippen LogP contribution in [0, 0.1) is 0 Å². The Bertz CT molecular complexity index is 1320. The van der Waals surface area contributed by atoms with E-state index in [1.807, 2.05) is 27.2 Å². The molecule has 0 heterocycles. The number of nitrogens with one attached hydrogen (secondary N) is 1. The highest BCUT2D eigenvalue weighted by molar-refractivity contribution is 7.45. The molecule has 9 heteroatoms. The first-order chi connectivity index (χ1) is 38.0. The molecular weight excluding hydrogens is 984 g/mol. The van der Waals surface area contributed by atoms with Crippen LogP contribution in [0.25, 0.3) is 0 Å². The van der Waals surface area contributed by atoms with Crippen LogP contribution in [-0.4, -0.2) is 68.5 Å². The smallest absolute Gasteiger partial charge is 0.268 e. The van der Waals surface area contributed by atoms with E-state index < -0.39 is 20.0 Å². The molecule has 464 valence electrons. The average molecular weight is 1120 g/mol. The Balaban J connectivity index is 4.07. The van der Waals surface area contributed by atoms with Crippen molar-refractivity contribution in [3.05, 3.63) is 24.3 Å². The predicted octanol–water partition coefficient (Wildman–Crippen LogP) is 21.3. The van der Waals surface area contributed by atoms with Crippen LogP contribution >= 0.6 is 7.82 Å².